The predicted molar refractivity (Wildman–Crippen MR) is 244 cm³/mol. The number of fused-ring (bicyclic) bond motifs is 19. The number of nitrogens with zero attached hydrogens (tertiary/aromatic N) is 1. The molecule has 0 saturated carbocycles. The molecule has 0 bridgehead atoms. The number of rotatable bonds is 2. The van der Waals surface area contributed by atoms with Gasteiger partial charge in [0.05, 0.1) is 15.7 Å². The van der Waals surface area contributed by atoms with Crippen molar-refractivity contribution in [2.24, 2.45) is 0 Å². The van der Waals surface area contributed by atoms with E-state index in [0.717, 1.165) is 0 Å². The lowest BCUT2D eigenvalue weighted by Crippen LogP contribution is -1.94. The first-order valence-electron chi connectivity index (χ1n) is 19.3. The van der Waals surface area contributed by atoms with Crippen LogP contribution in [0.4, 0.5) is 0 Å². The summed E-state index contributed by atoms with van der Waals surface area (Å²) < 4.78 is 5.16. The second-order valence-corrected chi connectivity index (χ2v) is 16.2. The smallest absolute Gasteiger partial charge is 0.0719 e. The summed E-state index contributed by atoms with van der Waals surface area (Å²) in [5.41, 5.74) is 6.11. The van der Waals surface area contributed by atoms with Gasteiger partial charge in [0.25, 0.3) is 0 Å². The van der Waals surface area contributed by atoms with Crippen LogP contribution in [0.3, 0.4) is 0 Å². The molecule has 13 aromatic rings. The maximum atomic E-state index is 2.50. The third-order valence-corrected chi connectivity index (χ3v) is 13.5. The highest BCUT2D eigenvalue weighted by Crippen LogP contribution is 2.45. The number of hydrogen-bond donors (Lipinski definition) is 0. The van der Waals surface area contributed by atoms with E-state index in [-0.39, 0.29) is 0 Å². The van der Waals surface area contributed by atoms with E-state index >= 15 is 0 Å². The van der Waals surface area contributed by atoms with Crippen molar-refractivity contribution < 1.29 is 0 Å². The molecule has 0 aliphatic carbocycles. The number of benzene rings is 11. The molecule has 56 heavy (non-hydrogen) atoms. The summed E-state index contributed by atoms with van der Waals surface area (Å²) in [7, 11) is 0. The lowest BCUT2D eigenvalue weighted by molar-refractivity contribution is 1.19. The Kier molecular flexibility index (Phi) is 6.11. The van der Waals surface area contributed by atoms with Crippen LogP contribution < -0.4 is 0 Å². The SMILES string of the molecule is c1cc(-c2ccc3c(c2)c2ccccc2c2cc4c5ccccc5c5ccccc5c4cc32)cc(-n2c3ccccc3c3ccc4c5ccccc5sc4c32)c1. The molecule has 0 aliphatic heterocycles. The zero-order valence-corrected chi connectivity index (χ0v) is 31.1. The van der Waals surface area contributed by atoms with Gasteiger partial charge in [-0.2, -0.15) is 0 Å². The Morgan fingerprint density at radius 3 is 1.39 bits per heavy atom. The fourth-order valence-electron chi connectivity index (χ4n) is 9.85. The van der Waals surface area contributed by atoms with Gasteiger partial charge in [0.15, 0.2) is 0 Å². The number of aromatic nitrogens is 1. The normalized spacial score (nSPS) is 12.3. The maximum Gasteiger partial charge on any atom is 0.0719 e. The first-order valence-corrected chi connectivity index (χ1v) is 20.2. The summed E-state index contributed by atoms with van der Waals surface area (Å²) in [4.78, 5) is 0. The second-order valence-electron chi connectivity index (χ2n) is 15.2. The van der Waals surface area contributed by atoms with E-state index in [1.165, 1.54) is 123 Å². The Morgan fingerprint density at radius 2 is 0.750 bits per heavy atom. The molecule has 0 unspecified atom stereocenters. The van der Waals surface area contributed by atoms with Crippen LogP contribution in [0.15, 0.2) is 188 Å². The predicted octanol–water partition coefficient (Wildman–Crippen LogP) is 15.7. The fourth-order valence-corrected chi connectivity index (χ4v) is 11.1. The van der Waals surface area contributed by atoms with E-state index in [4.69, 9.17) is 0 Å². The molecule has 0 aliphatic rings. The van der Waals surface area contributed by atoms with Crippen LogP contribution in [-0.4, -0.2) is 4.57 Å². The number of hydrogen-bond acceptors (Lipinski definition) is 1. The van der Waals surface area contributed by atoms with Crippen molar-refractivity contribution >= 4 is 118 Å². The van der Waals surface area contributed by atoms with Gasteiger partial charge in [0.2, 0.25) is 0 Å². The van der Waals surface area contributed by atoms with Gasteiger partial charge in [0, 0.05) is 31.9 Å². The molecule has 0 atom stereocenters. The Balaban J connectivity index is 1.06. The summed E-state index contributed by atoms with van der Waals surface area (Å²) in [6.07, 6.45) is 0. The minimum atomic E-state index is 1.17. The van der Waals surface area contributed by atoms with Crippen molar-refractivity contribution in [2.75, 3.05) is 0 Å². The molecule has 2 aromatic heterocycles. The maximum absolute atomic E-state index is 2.50. The molecule has 0 saturated heterocycles. The Hall–Kier alpha value is -7.00. The lowest BCUT2D eigenvalue weighted by Gasteiger charge is -2.16. The average molecular weight is 726 g/mol. The largest absolute Gasteiger partial charge is 0.308 e. The van der Waals surface area contributed by atoms with Gasteiger partial charge in [-0.3, -0.25) is 0 Å². The Morgan fingerprint density at radius 1 is 0.286 bits per heavy atom. The van der Waals surface area contributed by atoms with Gasteiger partial charge in [0.1, 0.15) is 0 Å². The van der Waals surface area contributed by atoms with Crippen LogP contribution in [0.5, 0.6) is 0 Å². The van der Waals surface area contributed by atoms with Gasteiger partial charge in [-0.25, -0.2) is 0 Å². The first kappa shape index (κ1) is 30.3. The third-order valence-electron chi connectivity index (χ3n) is 12.3. The van der Waals surface area contributed by atoms with Crippen molar-refractivity contribution in [2.45, 2.75) is 0 Å². The quantitative estimate of drug-likeness (QED) is 0.124. The van der Waals surface area contributed by atoms with Gasteiger partial charge in [-0.05, 0) is 118 Å². The average Bonchev–Trinajstić information content (AvgIpc) is 3.82. The molecule has 0 amide bonds. The van der Waals surface area contributed by atoms with Crippen LogP contribution in [-0.2, 0) is 0 Å². The van der Waals surface area contributed by atoms with E-state index in [9.17, 15) is 0 Å². The molecule has 1 nitrogen and oxygen atoms in total. The van der Waals surface area contributed by atoms with Crippen molar-refractivity contribution in [1.82, 2.24) is 4.57 Å². The minimum absolute atomic E-state index is 1.17. The molecule has 258 valence electrons. The van der Waals surface area contributed by atoms with Crippen LogP contribution in [0, 0.1) is 0 Å². The topological polar surface area (TPSA) is 4.93 Å². The molecule has 0 radical (unpaired) electrons. The monoisotopic (exact) mass is 725 g/mol. The van der Waals surface area contributed by atoms with Crippen molar-refractivity contribution in [3.63, 3.8) is 0 Å². The van der Waals surface area contributed by atoms with Gasteiger partial charge in [-0.1, -0.05) is 146 Å². The summed E-state index contributed by atoms with van der Waals surface area (Å²) in [5.74, 6) is 0. The summed E-state index contributed by atoms with van der Waals surface area (Å²) in [6.45, 7) is 0. The van der Waals surface area contributed by atoms with Crippen LogP contribution >= 0.6 is 11.3 Å². The second kappa shape index (κ2) is 11.3. The van der Waals surface area contributed by atoms with Crippen LogP contribution in [0.25, 0.3) is 123 Å². The Labute approximate surface area is 325 Å². The standard InChI is InChI=1S/C54H31NS/c1-3-16-37-35(14-1)36-15-2-4-17-38(36)48-31-50-41-25-24-33(29-46(41)39-18-5-6-19-40(39)49(50)30-47(37)48)32-12-11-13-34(28-32)55-51-22-9-7-20-42(51)44-26-27-45-43-21-8-10-23-52(43)56-54(45)53(44)55/h1-31H. The van der Waals surface area contributed by atoms with Crippen molar-refractivity contribution in [1.29, 1.82) is 0 Å². The third kappa shape index (κ3) is 4.09. The van der Waals surface area contributed by atoms with E-state index in [1.54, 1.807) is 0 Å². The molecule has 2 heterocycles. The summed E-state index contributed by atoms with van der Waals surface area (Å²) in [5, 5.41) is 20.8. The molecule has 13 rings (SSSR count). The highest BCUT2D eigenvalue weighted by atomic mass is 32.1. The lowest BCUT2D eigenvalue weighted by atomic mass is 9.88. The Bertz CT molecular complexity index is 3820. The molecule has 0 fully saturated rings. The van der Waals surface area contributed by atoms with E-state index in [2.05, 4.69) is 193 Å². The first-order chi connectivity index (χ1) is 27.8. The number of thiophene rings is 1. The highest BCUT2D eigenvalue weighted by molar-refractivity contribution is 7.26. The fraction of sp³-hybridized carbons (Fsp3) is 0. The molecule has 0 N–H and O–H groups in total. The summed E-state index contributed by atoms with van der Waals surface area (Å²) >= 11 is 1.90. The highest BCUT2D eigenvalue weighted by Gasteiger charge is 2.19. The zero-order valence-electron chi connectivity index (χ0n) is 30.3. The summed E-state index contributed by atoms with van der Waals surface area (Å²) in [6, 6.07) is 70.2. The van der Waals surface area contributed by atoms with Crippen molar-refractivity contribution in [3.8, 4) is 16.8 Å². The van der Waals surface area contributed by atoms with E-state index < -0.39 is 0 Å². The minimum Gasteiger partial charge on any atom is -0.308 e. The van der Waals surface area contributed by atoms with E-state index in [1.807, 2.05) is 11.3 Å². The van der Waals surface area contributed by atoms with Crippen LogP contribution in [0.2, 0.25) is 0 Å². The molecule has 11 aromatic carbocycles. The molecular formula is C54H31NS. The molecular weight excluding hydrogens is 695 g/mol. The van der Waals surface area contributed by atoms with Gasteiger partial charge >= 0.3 is 0 Å². The number of para-hydroxylation sites is 1. The molecule has 2 heteroatoms. The zero-order chi connectivity index (χ0) is 36.5. The van der Waals surface area contributed by atoms with E-state index in [0.29, 0.717) is 0 Å². The van der Waals surface area contributed by atoms with Crippen molar-refractivity contribution in [3.05, 3.63) is 188 Å². The van der Waals surface area contributed by atoms with Gasteiger partial charge < -0.3 is 4.57 Å². The molecule has 0 spiro atoms. The van der Waals surface area contributed by atoms with Gasteiger partial charge in [-0.15, -0.1) is 11.3 Å². The van der Waals surface area contributed by atoms with Crippen LogP contribution in [0.1, 0.15) is 0 Å².